The second-order valence-corrected chi connectivity index (χ2v) is 3.97. The summed E-state index contributed by atoms with van der Waals surface area (Å²) in [5, 5.41) is 6.28. The number of guanidine groups is 1. The van der Waals surface area contributed by atoms with Crippen molar-refractivity contribution >= 4 is 5.96 Å². The van der Waals surface area contributed by atoms with Crippen molar-refractivity contribution in [2.45, 2.75) is 18.4 Å². The number of hydrogen-bond acceptors (Lipinski definition) is 1. The zero-order chi connectivity index (χ0) is 11.5. The van der Waals surface area contributed by atoms with E-state index in [0.29, 0.717) is 12.0 Å². The molecular weight excluding hydrogens is 205 g/mol. The maximum atomic E-state index is 12.7. The lowest BCUT2D eigenvalue weighted by molar-refractivity contribution is 0.627. The van der Waals surface area contributed by atoms with Crippen molar-refractivity contribution in [3.8, 4) is 0 Å². The van der Waals surface area contributed by atoms with Gasteiger partial charge in [0, 0.05) is 26.1 Å². The fourth-order valence-electron chi connectivity index (χ4n) is 1.86. The Bertz CT molecular complexity index is 386. The Morgan fingerprint density at radius 3 is 2.62 bits per heavy atom. The Balaban J connectivity index is 1.94. The van der Waals surface area contributed by atoms with Crippen LogP contribution < -0.4 is 10.6 Å². The Morgan fingerprint density at radius 2 is 2.06 bits per heavy atom. The smallest absolute Gasteiger partial charge is 0.190 e. The number of benzene rings is 1. The van der Waals surface area contributed by atoms with Gasteiger partial charge in [-0.05, 0) is 24.1 Å². The average Bonchev–Trinajstić information content (AvgIpc) is 3.06. The number of hydrogen-bond donors (Lipinski definition) is 2. The first-order valence-electron chi connectivity index (χ1n) is 5.41. The third kappa shape index (κ3) is 2.32. The van der Waals surface area contributed by atoms with Crippen molar-refractivity contribution < 1.29 is 4.39 Å². The summed E-state index contributed by atoms with van der Waals surface area (Å²) < 4.78 is 12.7. The minimum atomic E-state index is -0.181. The Kier molecular flexibility index (Phi) is 3.08. The summed E-state index contributed by atoms with van der Waals surface area (Å²) >= 11 is 0. The van der Waals surface area contributed by atoms with Crippen LogP contribution in [0, 0.1) is 5.82 Å². The van der Waals surface area contributed by atoms with Gasteiger partial charge in [-0.2, -0.15) is 0 Å². The molecule has 0 heterocycles. The maximum Gasteiger partial charge on any atom is 0.190 e. The van der Waals surface area contributed by atoms with Gasteiger partial charge in [-0.1, -0.05) is 12.1 Å². The highest BCUT2D eigenvalue weighted by Gasteiger charge is 2.38. The molecule has 86 valence electrons. The van der Waals surface area contributed by atoms with Gasteiger partial charge in [0.25, 0.3) is 0 Å². The van der Waals surface area contributed by atoms with Crippen LogP contribution in [0.3, 0.4) is 0 Å². The standard InChI is InChI=1S/C12H16FN3/c1-14-12(15-2)16-11-7-10(11)8-3-5-9(13)6-4-8/h3-6,10-11H,7H2,1-2H3,(H2,14,15,16)/t10-,11+/m0/s1. The third-order valence-electron chi connectivity index (χ3n) is 2.87. The second-order valence-electron chi connectivity index (χ2n) is 3.97. The normalized spacial score (nSPS) is 24.1. The molecule has 1 fully saturated rings. The minimum absolute atomic E-state index is 0.181. The highest BCUT2D eigenvalue weighted by molar-refractivity contribution is 5.80. The first-order valence-corrected chi connectivity index (χ1v) is 5.41. The molecule has 3 nitrogen and oxygen atoms in total. The molecule has 0 radical (unpaired) electrons. The summed E-state index contributed by atoms with van der Waals surface area (Å²) in [7, 11) is 3.58. The minimum Gasteiger partial charge on any atom is -0.359 e. The molecule has 1 aromatic carbocycles. The number of halogens is 1. The fourth-order valence-corrected chi connectivity index (χ4v) is 1.86. The summed E-state index contributed by atoms with van der Waals surface area (Å²) in [6, 6.07) is 7.14. The summed E-state index contributed by atoms with van der Waals surface area (Å²) in [4.78, 5) is 4.06. The summed E-state index contributed by atoms with van der Waals surface area (Å²) in [6.07, 6.45) is 1.08. The van der Waals surface area contributed by atoms with E-state index in [2.05, 4.69) is 15.6 Å². The van der Waals surface area contributed by atoms with Gasteiger partial charge in [0.2, 0.25) is 0 Å². The molecule has 1 aliphatic carbocycles. The molecule has 0 amide bonds. The average molecular weight is 221 g/mol. The van der Waals surface area contributed by atoms with E-state index in [-0.39, 0.29) is 5.82 Å². The first kappa shape index (κ1) is 10.9. The molecule has 0 unspecified atom stereocenters. The molecule has 2 N–H and O–H groups in total. The van der Waals surface area contributed by atoms with Crippen LogP contribution in [0.5, 0.6) is 0 Å². The van der Waals surface area contributed by atoms with E-state index in [1.54, 1.807) is 7.05 Å². The summed E-state index contributed by atoms with van der Waals surface area (Å²) in [6.45, 7) is 0. The highest BCUT2D eigenvalue weighted by Crippen LogP contribution is 2.40. The third-order valence-corrected chi connectivity index (χ3v) is 2.87. The largest absolute Gasteiger partial charge is 0.359 e. The van der Waals surface area contributed by atoms with Gasteiger partial charge < -0.3 is 10.6 Å². The molecule has 0 spiro atoms. The number of nitrogens with zero attached hydrogens (tertiary/aromatic N) is 1. The van der Waals surface area contributed by atoms with E-state index in [4.69, 9.17) is 0 Å². The second kappa shape index (κ2) is 4.51. The van der Waals surface area contributed by atoms with E-state index in [9.17, 15) is 4.39 Å². The monoisotopic (exact) mass is 221 g/mol. The molecule has 1 aromatic rings. The van der Waals surface area contributed by atoms with Gasteiger partial charge in [-0.3, -0.25) is 4.99 Å². The zero-order valence-corrected chi connectivity index (χ0v) is 9.50. The molecule has 0 saturated heterocycles. The Hall–Kier alpha value is -1.58. The SMILES string of the molecule is CN=C(NC)N[C@@H]1C[C@H]1c1ccc(F)cc1. The summed E-state index contributed by atoms with van der Waals surface area (Å²) in [5.41, 5.74) is 1.19. The van der Waals surface area contributed by atoms with Crippen LogP contribution >= 0.6 is 0 Å². The van der Waals surface area contributed by atoms with E-state index in [1.165, 1.54) is 17.7 Å². The van der Waals surface area contributed by atoms with Crippen molar-refractivity contribution in [2.24, 2.45) is 4.99 Å². The van der Waals surface area contributed by atoms with Crippen molar-refractivity contribution in [1.82, 2.24) is 10.6 Å². The lowest BCUT2D eigenvalue weighted by Gasteiger charge is -2.07. The van der Waals surface area contributed by atoms with Gasteiger partial charge >= 0.3 is 0 Å². The zero-order valence-electron chi connectivity index (χ0n) is 9.50. The topological polar surface area (TPSA) is 36.4 Å². The van der Waals surface area contributed by atoms with Crippen molar-refractivity contribution in [3.63, 3.8) is 0 Å². The quantitative estimate of drug-likeness (QED) is 0.586. The van der Waals surface area contributed by atoms with Gasteiger partial charge in [0.05, 0.1) is 0 Å². The summed E-state index contributed by atoms with van der Waals surface area (Å²) in [5.74, 6) is 1.10. The molecule has 2 rings (SSSR count). The van der Waals surface area contributed by atoms with E-state index in [0.717, 1.165) is 12.4 Å². The van der Waals surface area contributed by atoms with Gasteiger partial charge in [-0.15, -0.1) is 0 Å². The molecule has 0 aliphatic heterocycles. The van der Waals surface area contributed by atoms with Crippen LogP contribution in [-0.2, 0) is 0 Å². The van der Waals surface area contributed by atoms with E-state index >= 15 is 0 Å². The van der Waals surface area contributed by atoms with Crippen LogP contribution in [0.15, 0.2) is 29.3 Å². The van der Waals surface area contributed by atoms with Crippen molar-refractivity contribution in [3.05, 3.63) is 35.6 Å². The molecule has 0 aromatic heterocycles. The first-order chi connectivity index (χ1) is 7.74. The fraction of sp³-hybridized carbons (Fsp3) is 0.417. The van der Waals surface area contributed by atoms with Crippen molar-refractivity contribution in [1.29, 1.82) is 0 Å². The van der Waals surface area contributed by atoms with Crippen LogP contribution in [0.25, 0.3) is 0 Å². The predicted octanol–water partition coefficient (Wildman–Crippen LogP) is 1.48. The Labute approximate surface area is 94.8 Å². The molecule has 2 atom stereocenters. The molecule has 0 bridgehead atoms. The van der Waals surface area contributed by atoms with E-state index < -0.39 is 0 Å². The highest BCUT2D eigenvalue weighted by atomic mass is 19.1. The lowest BCUT2D eigenvalue weighted by atomic mass is 10.1. The van der Waals surface area contributed by atoms with Gasteiger partial charge in [0.1, 0.15) is 5.82 Å². The van der Waals surface area contributed by atoms with Crippen LogP contribution in [-0.4, -0.2) is 26.1 Å². The number of nitrogens with one attached hydrogen (secondary N) is 2. The molecule has 1 saturated carbocycles. The molecule has 1 aliphatic rings. The molecular formula is C12H16FN3. The predicted molar refractivity (Wildman–Crippen MR) is 63.1 cm³/mol. The molecule has 4 heteroatoms. The number of aliphatic imine (C=N–C) groups is 1. The van der Waals surface area contributed by atoms with Crippen LogP contribution in [0.2, 0.25) is 0 Å². The van der Waals surface area contributed by atoms with Crippen molar-refractivity contribution in [2.75, 3.05) is 14.1 Å². The van der Waals surface area contributed by atoms with Crippen LogP contribution in [0.4, 0.5) is 4.39 Å². The number of rotatable bonds is 2. The van der Waals surface area contributed by atoms with Gasteiger partial charge in [-0.25, -0.2) is 4.39 Å². The molecule has 16 heavy (non-hydrogen) atoms. The Morgan fingerprint density at radius 1 is 1.38 bits per heavy atom. The van der Waals surface area contributed by atoms with Crippen LogP contribution in [0.1, 0.15) is 17.9 Å². The van der Waals surface area contributed by atoms with E-state index in [1.807, 2.05) is 19.2 Å². The van der Waals surface area contributed by atoms with Gasteiger partial charge in [0.15, 0.2) is 5.96 Å². The maximum absolute atomic E-state index is 12.7. The lowest BCUT2D eigenvalue weighted by Crippen LogP contribution is -2.36.